The highest BCUT2D eigenvalue weighted by Crippen LogP contribution is 2.38. The van der Waals surface area contributed by atoms with Crippen LogP contribution in [0.25, 0.3) is 0 Å². The van der Waals surface area contributed by atoms with Crippen molar-refractivity contribution in [2.75, 3.05) is 13.1 Å². The molecule has 0 aliphatic carbocycles. The third kappa shape index (κ3) is 4.33. The van der Waals surface area contributed by atoms with Gasteiger partial charge in [0.1, 0.15) is 0 Å². The summed E-state index contributed by atoms with van der Waals surface area (Å²) in [5.41, 5.74) is 0.836. The number of carbonyl (C=O) groups excluding carboxylic acids is 2. The molecule has 2 heterocycles. The number of nitrogens with zero attached hydrogens (tertiary/aromatic N) is 2. The van der Waals surface area contributed by atoms with E-state index in [-0.39, 0.29) is 23.3 Å². The summed E-state index contributed by atoms with van der Waals surface area (Å²) in [4.78, 5) is 29.7. The van der Waals surface area contributed by atoms with Crippen molar-refractivity contribution >= 4 is 23.4 Å². The number of amides is 2. The summed E-state index contributed by atoms with van der Waals surface area (Å²) in [6, 6.07) is 7.52. The number of carbonyl (C=O) groups is 2. The van der Waals surface area contributed by atoms with Crippen molar-refractivity contribution < 1.29 is 9.59 Å². The lowest BCUT2D eigenvalue weighted by atomic mass is 9.86. The van der Waals surface area contributed by atoms with Crippen molar-refractivity contribution in [3.05, 3.63) is 60.2 Å². The average molecular weight is 401 g/mol. The van der Waals surface area contributed by atoms with Gasteiger partial charge in [-0.1, -0.05) is 35.9 Å². The Morgan fingerprint density at radius 2 is 1.89 bits per heavy atom. The fourth-order valence-electron chi connectivity index (χ4n) is 4.63. The van der Waals surface area contributed by atoms with E-state index >= 15 is 0 Å². The van der Waals surface area contributed by atoms with Gasteiger partial charge in [0, 0.05) is 36.6 Å². The Balaban J connectivity index is 1.72. The highest BCUT2D eigenvalue weighted by atomic mass is 35.5. The smallest absolute Gasteiger partial charge is 0.227 e. The first-order valence-electron chi connectivity index (χ1n) is 10.0. The van der Waals surface area contributed by atoms with Gasteiger partial charge in [-0.05, 0) is 49.8 Å². The Hall–Kier alpha value is -2.07. The Labute approximate surface area is 172 Å². The standard InChI is InChI=1S/C23H29ClN2O2/c1-3-12-23(13-4-2)14-5-15-26(23)22(28)19-8-11-21(27)25(17-19)16-18-6-9-20(24)10-7-18/h3-4,6-7,9-10,19H,1-2,5,8,11-17H2/t19-/m1/s1. The number of halogens is 1. The van der Waals surface area contributed by atoms with Crippen LogP contribution >= 0.6 is 11.6 Å². The molecule has 0 radical (unpaired) electrons. The lowest BCUT2D eigenvalue weighted by Crippen LogP contribution is -2.52. The molecular formula is C23H29ClN2O2. The predicted molar refractivity (Wildman–Crippen MR) is 113 cm³/mol. The van der Waals surface area contributed by atoms with E-state index in [0.717, 1.165) is 37.8 Å². The topological polar surface area (TPSA) is 40.6 Å². The zero-order valence-electron chi connectivity index (χ0n) is 16.4. The molecule has 1 aromatic carbocycles. The summed E-state index contributed by atoms with van der Waals surface area (Å²) in [5.74, 6) is 0.149. The molecule has 0 spiro atoms. The number of hydrogen-bond acceptors (Lipinski definition) is 2. The number of rotatable bonds is 7. The van der Waals surface area contributed by atoms with Crippen LogP contribution in [0.15, 0.2) is 49.6 Å². The van der Waals surface area contributed by atoms with E-state index in [9.17, 15) is 9.59 Å². The second-order valence-electron chi connectivity index (χ2n) is 7.94. The third-order valence-electron chi connectivity index (χ3n) is 6.05. The number of benzene rings is 1. The lowest BCUT2D eigenvalue weighted by molar-refractivity contribution is -0.146. The monoisotopic (exact) mass is 400 g/mol. The van der Waals surface area contributed by atoms with E-state index < -0.39 is 0 Å². The van der Waals surface area contributed by atoms with Crippen LogP contribution in [0, 0.1) is 5.92 Å². The van der Waals surface area contributed by atoms with Gasteiger partial charge in [-0.25, -0.2) is 0 Å². The molecule has 0 aromatic heterocycles. The molecule has 5 heteroatoms. The van der Waals surface area contributed by atoms with Crippen LogP contribution in [0.2, 0.25) is 5.02 Å². The molecule has 150 valence electrons. The molecule has 0 bridgehead atoms. The zero-order chi connectivity index (χ0) is 20.1. The van der Waals surface area contributed by atoms with Gasteiger partial charge in [-0.2, -0.15) is 0 Å². The minimum absolute atomic E-state index is 0.115. The summed E-state index contributed by atoms with van der Waals surface area (Å²) < 4.78 is 0. The SMILES string of the molecule is C=CCC1(CC=C)CCCN1C(=O)[C@@H]1CCC(=O)N(Cc2ccc(Cl)cc2)C1. The average Bonchev–Trinajstić information content (AvgIpc) is 3.08. The highest BCUT2D eigenvalue weighted by molar-refractivity contribution is 6.30. The fraction of sp³-hybridized carbons (Fsp3) is 0.478. The van der Waals surface area contributed by atoms with Crippen molar-refractivity contribution in [3.63, 3.8) is 0 Å². The van der Waals surface area contributed by atoms with Gasteiger partial charge in [0.2, 0.25) is 11.8 Å². The van der Waals surface area contributed by atoms with Crippen LogP contribution in [-0.4, -0.2) is 40.2 Å². The molecule has 1 atom stereocenters. The molecule has 0 saturated carbocycles. The molecule has 4 nitrogen and oxygen atoms in total. The van der Waals surface area contributed by atoms with Crippen LogP contribution in [0.1, 0.15) is 44.1 Å². The van der Waals surface area contributed by atoms with Crippen LogP contribution in [-0.2, 0) is 16.1 Å². The van der Waals surface area contributed by atoms with Gasteiger partial charge in [-0.15, -0.1) is 13.2 Å². The molecule has 0 N–H and O–H groups in total. The van der Waals surface area contributed by atoms with Crippen molar-refractivity contribution in [1.82, 2.24) is 9.80 Å². The Bertz CT molecular complexity index is 733. The molecule has 0 unspecified atom stereocenters. The summed E-state index contributed by atoms with van der Waals surface area (Å²) in [5, 5.41) is 0.677. The van der Waals surface area contributed by atoms with Crippen molar-refractivity contribution in [2.45, 2.75) is 50.6 Å². The molecule has 2 aliphatic rings. The quantitative estimate of drug-likeness (QED) is 0.628. The van der Waals surface area contributed by atoms with E-state index in [1.54, 1.807) is 0 Å². The largest absolute Gasteiger partial charge is 0.338 e. The molecule has 2 saturated heterocycles. The highest BCUT2D eigenvalue weighted by Gasteiger charge is 2.44. The first kappa shape index (κ1) is 20.7. The molecule has 1 aromatic rings. The maximum atomic E-state index is 13.4. The predicted octanol–water partition coefficient (Wildman–Crippen LogP) is 4.59. The second-order valence-corrected chi connectivity index (χ2v) is 8.38. The van der Waals surface area contributed by atoms with Gasteiger partial charge in [0.15, 0.2) is 0 Å². The maximum Gasteiger partial charge on any atom is 0.227 e. The maximum absolute atomic E-state index is 13.4. The molecule has 2 amide bonds. The van der Waals surface area contributed by atoms with Crippen LogP contribution < -0.4 is 0 Å². The Morgan fingerprint density at radius 1 is 1.21 bits per heavy atom. The van der Waals surface area contributed by atoms with Crippen LogP contribution in [0.4, 0.5) is 0 Å². The molecule has 2 fully saturated rings. The molecular weight excluding hydrogens is 372 g/mol. The summed E-state index contributed by atoms with van der Waals surface area (Å²) in [7, 11) is 0. The minimum Gasteiger partial charge on any atom is -0.338 e. The third-order valence-corrected chi connectivity index (χ3v) is 6.30. The Morgan fingerprint density at radius 3 is 2.54 bits per heavy atom. The normalized spacial score (nSPS) is 21.6. The van der Waals surface area contributed by atoms with Crippen LogP contribution in [0.3, 0.4) is 0 Å². The summed E-state index contributed by atoms with van der Waals surface area (Å²) in [6.07, 6.45) is 8.43. The van der Waals surface area contributed by atoms with Crippen molar-refractivity contribution in [1.29, 1.82) is 0 Å². The Kier molecular flexibility index (Phi) is 6.61. The molecule has 2 aliphatic heterocycles. The van der Waals surface area contributed by atoms with E-state index in [0.29, 0.717) is 31.0 Å². The second kappa shape index (κ2) is 8.95. The fourth-order valence-corrected chi connectivity index (χ4v) is 4.75. The molecule has 28 heavy (non-hydrogen) atoms. The van der Waals surface area contributed by atoms with Gasteiger partial charge in [-0.3, -0.25) is 9.59 Å². The number of likely N-dealkylation sites (tertiary alicyclic amines) is 2. The van der Waals surface area contributed by atoms with Crippen molar-refractivity contribution in [3.8, 4) is 0 Å². The zero-order valence-corrected chi connectivity index (χ0v) is 17.2. The van der Waals surface area contributed by atoms with Gasteiger partial charge in [0.05, 0.1) is 5.92 Å². The van der Waals surface area contributed by atoms with E-state index in [1.165, 1.54) is 0 Å². The van der Waals surface area contributed by atoms with Gasteiger partial charge >= 0.3 is 0 Å². The van der Waals surface area contributed by atoms with Gasteiger partial charge < -0.3 is 9.80 Å². The van der Waals surface area contributed by atoms with E-state index in [2.05, 4.69) is 18.1 Å². The first-order valence-corrected chi connectivity index (χ1v) is 10.4. The number of hydrogen-bond donors (Lipinski definition) is 0. The van der Waals surface area contributed by atoms with E-state index in [1.807, 2.05) is 41.3 Å². The first-order chi connectivity index (χ1) is 13.5. The summed E-state index contributed by atoms with van der Waals surface area (Å²) >= 11 is 5.95. The minimum atomic E-state index is -0.191. The molecule has 3 rings (SSSR count). The van der Waals surface area contributed by atoms with Crippen molar-refractivity contribution in [2.24, 2.45) is 5.92 Å². The van der Waals surface area contributed by atoms with E-state index in [4.69, 9.17) is 11.6 Å². The van der Waals surface area contributed by atoms with Gasteiger partial charge in [0.25, 0.3) is 0 Å². The summed E-state index contributed by atoms with van der Waals surface area (Å²) in [6.45, 7) is 9.58. The lowest BCUT2D eigenvalue weighted by Gasteiger charge is -2.41. The number of piperidine rings is 1. The van der Waals surface area contributed by atoms with Crippen LogP contribution in [0.5, 0.6) is 0 Å².